The second-order valence-electron chi connectivity index (χ2n) is 5.62. The Labute approximate surface area is 150 Å². The number of carbonyl (C=O) groups excluding carboxylic acids is 1. The Hall–Kier alpha value is -1.62. The summed E-state index contributed by atoms with van der Waals surface area (Å²) in [7, 11) is 0. The van der Waals surface area contributed by atoms with Crippen molar-refractivity contribution in [2.75, 3.05) is 26.2 Å². The van der Waals surface area contributed by atoms with Gasteiger partial charge in [-0.3, -0.25) is 0 Å². The molecule has 146 valence electrons. The molecule has 0 radical (unpaired) electrons. The van der Waals surface area contributed by atoms with Crippen molar-refractivity contribution in [2.45, 2.75) is 30.3 Å². The number of alkyl halides is 6. The number of amides is 1. The second-order valence-corrected chi connectivity index (χ2v) is 6.76. The first kappa shape index (κ1) is 20.7. The Bertz CT molecular complexity index is 615. The summed E-state index contributed by atoms with van der Waals surface area (Å²) in [6.45, 7) is 2.44. The molecule has 1 aromatic carbocycles. The smallest absolute Gasteiger partial charge is 0.426 e. The van der Waals surface area contributed by atoms with E-state index in [0.717, 1.165) is 15.4 Å². The van der Waals surface area contributed by atoms with Crippen molar-refractivity contribution < 1.29 is 35.9 Å². The van der Waals surface area contributed by atoms with Crippen molar-refractivity contribution in [3.05, 3.63) is 29.8 Å². The number of aryl methyl sites for hydroxylation is 1. The van der Waals surface area contributed by atoms with Crippen LogP contribution in [0.15, 0.2) is 29.2 Å². The van der Waals surface area contributed by atoms with Gasteiger partial charge in [0.1, 0.15) is 0 Å². The van der Waals surface area contributed by atoms with Gasteiger partial charge in [0.05, 0.1) is 0 Å². The lowest BCUT2D eigenvalue weighted by Crippen LogP contribution is -2.51. The molecule has 0 N–H and O–H groups in total. The van der Waals surface area contributed by atoms with Crippen LogP contribution in [-0.4, -0.2) is 59.9 Å². The van der Waals surface area contributed by atoms with E-state index in [4.69, 9.17) is 0 Å². The number of hydrogen-bond acceptors (Lipinski definition) is 4. The summed E-state index contributed by atoms with van der Waals surface area (Å²) in [5, 5.41) is 0. The van der Waals surface area contributed by atoms with E-state index in [1.807, 2.05) is 35.5 Å². The van der Waals surface area contributed by atoms with Crippen LogP contribution in [0.5, 0.6) is 0 Å². The van der Waals surface area contributed by atoms with Gasteiger partial charge in [0, 0.05) is 31.1 Å². The molecule has 1 aliphatic rings. The average molecular weight is 402 g/mol. The second kappa shape index (κ2) is 7.95. The minimum atomic E-state index is -5.71. The molecule has 1 amide bonds. The van der Waals surface area contributed by atoms with Crippen molar-refractivity contribution in [3.8, 4) is 0 Å². The van der Waals surface area contributed by atoms with Crippen LogP contribution in [-0.2, 0) is 4.74 Å². The van der Waals surface area contributed by atoms with Gasteiger partial charge in [-0.25, -0.2) is 9.10 Å². The fourth-order valence-electron chi connectivity index (χ4n) is 2.25. The van der Waals surface area contributed by atoms with Crippen molar-refractivity contribution in [1.82, 2.24) is 9.21 Å². The molecular weight excluding hydrogens is 386 g/mol. The normalized spacial score (nSPS) is 16.8. The van der Waals surface area contributed by atoms with Crippen LogP contribution >= 0.6 is 11.9 Å². The molecule has 11 heteroatoms. The van der Waals surface area contributed by atoms with Crippen molar-refractivity contribution in [2.24, 2.45) is 0 Å². The maximum absolute atomic E-state index is 12.5. The number of rotatable bonds is 3. The van der Waals surface area contributed by atoms with Gasteiger partial charge in [-0.2, -0.15) is 26.3 Å². The number of piperazine rings is 1. The largest absolute Gasteiger partial charge is 0.434 e. The van der Waals surface area contributed by atoms with Crippen LogP contribution in [0.4, 0.5) is 31.1 Å². The summed E-state index contributed by atoms with van der Waals surface area (Å²) in [6, 6.07) is 7.56. The molecule has 0 bridgehead atoms. The number of carbonyl (C=O) groups is 1. The zero-order valence-electron chi connectivity index (χ0n) is 13.6. The molecule has 1 fully saturated rings. The standard InChI is InChI=1S/C15H16F6N2O2S/c1-10-4-2-3-5-11(10)26-23-8-6-22(7-9-23)13(24)25-12(14(16,17)18)15(19,20)21/h2-5,12H,6-9H2,1H3. The molecule has 1 saturated heterocycles. The Kier molecular flexibility index (Phi) is 6.33. The topological polar surface area (TPSA) is 32.8 Å². The number of halogens is 6. The monoisotopic (exact) mass is 402 g/mol. The van der Waals surface area contributed by atoms with E-state index in [0.29, 0.717) is 0 Å². The van der Waals surface area contributed by atoms with E-state index in [2.05, 4.69) is 4.74 Å². The highest BCUT2D eigenvalue weighted by molar-refractivity contribution is 7.97. The zero-order chi connectivity index (χ0) is 19.5. The Balaban J connectivity index is 1.90. The van der Waals surface area contributed by atoms with Crippen molar-refractivity contribution in [3.63, 3.8) is 0 Å². The van der Waals surface area contributed by atoms with Gasteiger partial charge in [0.25, 0.3) is 6.10 Å². The SMILES string of the molecule is Cc1ccccc1SN1CCN(C(=O)OC(C(F)(F)F)C(F)(F)F)CC1. The predicted molar refractivity (Wildman–Crippen MR) is 82.6 cm³/mol. The highest BCUT2D eigenvalue weighted by Gasteiger charge is 2.60. The summed E-state index contributed by atoms with van der Waals surface area (Å²) in [5.41, 5.74) is 1.04. The molecule has 4 nitrogen and oxygen atoms in total. The van der Waals surface area contributed by atoms with Crippen molar-refractivity contribution >= 4 is 18.0 Å². The molecule has 0 unspecified atom stereocenters. The highest BCUT2D eigenvalue weighted by Crippen LogP contribution is 2.36. The fourth-order valence-corrected chi connectivity index (χ4v) is 3.23. The first-order valence-electron chi connectivity index (χ1n) is 7.56. The van der Waals surface area contributed by atoms with Crippen LogP contribution in [0.1, 0.15) is 5.56 Å². The average Bonchev–Trinajstić information content (AvgIpc) is 2.53. The quantitative estimate of drug-likeness (QED) is 0.559. The van der Waals surface area contributed by atoms with E-state index in [1.54, 1.807) is 0 Å². The summed E-state index contributed by atoms with van der Waals surface area (Å²) in [6.07, 6.45) is -17.2. The predicted octanol–water partition coefficient (Wildman–Crippen LogP) is 4.25. The maximum atomic E-state index is 12.5. The molecule has 0 atom stereocenters. The van der Waals surface area contributed by atoms with Gasteiger partial charge in [-0.15, -0.1) is 0 Å². The van der Waals surface area contributed by atoms with Gasteiger partial charge in [0.15, 0.2) is 0 Å². The van der Waals surface area contributed by atoms with Gasteiger partial charge >= 0.3 is 18.4 Å². The van der Waals surface area contributed by atoms with Crippen LogP contribution in [0.2, 0.25) is 0 Å². The molecule has 1 aromatic rings. The minimum absolute atomic E-state index is 0.0276. The van der Waals surface area contributed by atoms with E-state index in [-0.39, 0.29) is 26.2 Å². The lowest BCUT2D eigenvalue weighted by molar-refractivity contribution is -0.308. The third kappa shape index (κ3) is 5.44. The lowest BCUT2D eigenvalue weighted by Gasteiger charge is -2.34. The first-order valence-corrected chi connectivity index (χ1v) is 8.33. The number of hydrogen-bond donors (Lipinski definition) is 0. The van der Waals surface area contributed by atoms with Crippen molar-refractivity contribution in [1.29, 1.82) is 0 Å². The fraction of sp³-hybridized carbons (Fsp3) is 0.533. The zero-order valence-corrected chi connectivity index (χ0v) is 14.4. The Morgan fingerprint density at radius 2 is 1.58 bits per heavy atom. The van der Waals surface area contributed by atoms with Gasteiger partial charge in [0.2, 0.25) is 0 Å². The molecule has 0 aliphatic carbocycles. The van der Waals surface area contributed by atoms with E-state index in [1.165, 1.54) is 11.9 Å². The third-order valence-electron chi connectivity index (χ3n) is 3.63. The Morgan fingerprint density at radius 3 is 2.08 bits per heavy atom. The first-order chi connectivity index (χ1) is 12.0. The Morgan fingerprint density at radius 1 is 1.04 bits per heavy atom. The summed E-state index contributed by atoms with van der Waals surface area (Å²) < 4.78 is 80.3. The molecule has 0 aromatic heterocycles. The van der Waals surface area contributed by atoms with E-state index >= 15 is 0 Å². The molecule has 2 rings (SSSR count). The summed E-state index contributed by atoms with van der Waals surface area (Å²) in [5.74, 6) is 0. The summed E-state index contributed by atoms with van der Waals surface area (Å²) >= 11 is 1.42. The molecule has 1 aliphatic heterocycles. The number of ether oxygens (including phenoxy) is 1. The maximum Gasteiger partial charge on any atom is 0.434 e. The molecular formula is C15H16F6N2O2S. The van der Waals surface area contributed by atoms with Crippen LogP contribution in [0.25, 0.3) is 0 Å². The van der Waals surface area contributed by atoms with Crippen LogP contribution < -0.4 is 0 Å². The molecule has 1 heterocycles. The molecule has 0 spiro atoms. The van der Waals surface area contributed by atoms with Gasteiger partial charge in [-0.05, 0) is 30.5 Å². The summed E-state index contributed by atoms with van der Waals surface area (Å²) in [4.78, 5) is 13.5. The molecule has 26 heavy (non-hydrogen) atoms. The van der Waals surface area contributed by atoms with E-state index < -0.39 is 24.5 Å². The third-order valence-corrected chi connectivity index (χ3v) is 4.91. The number of benzene rings is 1. The van der Waals surface area contributed by atoms with Gasteiger partial charge < -0.3 is 9.64 Å². The van der Waals surface area contributed by atoms with Gasteiger partial charge in [-0.1, -0.05) is 18.2 Å². The van der Waals surface area contributed by atoms with Crippen LogP contribution in [0, 0.1) is 6.92 Å². The lowest BCUT2D eigenvalue weighted by atomic mass is 10.2. The highest BCUT2D eigenvalue weighted by atomic mass is 32.2. The van der Waals surface area contributed by atoms with E-state index in [9.17, 15) is 31.1 Å². The minimum Gasteiger partial charge on any atom is -0.426 e. The number of nitrogens with zero attached hydrogens (tertiary/aromatic N) is 2. The molecule has 0 saturated carbocycles. The van der Waals surface area contributed by atoms with Crippen LogP contribution in [0.3, 0.4) is 0 Å².